The van der Waals surface area contributed by atoms with Crippen molar-refractivity contribution in [2.75, 3.05) is 5.75 Å². The minimum Gasteiger partial charge on any atom is -0.512 e. The predicted octanol–water partition coefficient (Wildman–Crippen LogP) is 1.54. The second kappa shape index (κ2) is 5.96. The van der Waals surface area contributed by atoms with E-state index in [-0.39, 0.29) is 0 Å². The zero-order chi connectivity index (χ0) is 10.4. The van der Waals surface area contributed by atoms with E-state index in [9.17, 15) is 0 Å². The molecule has 1 aromatic rings. The van der Waals surface area contributed by atoms with Gasteiger partial charge in [-0.3, -0.25) is 0 Å². The Labute approximate surface area is 88.3 Å². The van der Waals surface area contributed by atoms with Gasteiger partial charge < -0.3 is 14.7 Å². The molecule has 0 fully saturated rings. The van der Waals surface area contributed by atoms with Crippen LogP contribution in [-0.2, 0) is 0 Å². The molecular weight excluding hydrogens is 199 g/mol. The Morgan fingerprint density at radius 3 is 2.43 bits per heavy atom. The summed E-state index contributed by atoms with van der Waals surface area (Å²) in [5.41, 5.74) is 0. The fourth-order valence-corrected chi connectivity index (χ4v) is 1.72. The van der Waals surface area contributed by atoms with Gasteiger partial charge >= 0.3 is 7.32 Å². The zero-order valence-corrected chi connectivity index (χ0v) is 8.83. The molecule has 76 valence electrons. The second-order valence-corrected chi connectivity index (χ2v) is 3.93. The third kappa shape index (κ3) is 4.04. The minimum absolute atomic E-state index is 0.459. The molecule has 0 atom stereocenters. The Morgan fingerprint density at radius 1 is 1.29 bits per heavy atom. The predicted molar refractivity (Wildman–Crippen MR) is 58.3 cm³/mol. The van der Waals surface area contributed by atoms with Crippen molar-refractivity contribution < 1.29 is 14.7 Å². The topological polar surface area (TPSA) is 49.7 Å². The summed E-state index contributed by atoms with van der Waals surface area (Å²) in [7, 11) is -1.75. The van der Waals surface area contributed by atoms with Crippen LogP contribution in [0.3, 0.4) is 0 Å². The number of hydrogen-bond acceptors (Lipinski definition) is 4. The molecule has 0 radical (unpaired) electrons. The van der Waals surface area contributed by atoms with Gasteiger partial charge in [-0.05, 0) is 36.4 Å². The highest BCUT2D eigenvalue weighted by Crippen LogP contribution is 2.21. The first-order valence-electron chi connectivity index (χ1n) is 4.48. The Balaban J connectivity index is 2.50. The SMILES string of the molecule is CCCSc1ccc(OB(O)O)cc1. The van der Waals surface area contributed by atoms with E-state index in [2.05, 4.69) is 11.6 Å². The molecule has 0 aromatic heterocycles. The molecule has 0 spiro atoms. The normalized spacial score (nSPS) is 9.93. The largest absolute Gasteiger partial charge is 0.707 e. The molecular formula is C9H13BO3S. The molecule has 3 nitrogen and oxygen atoms in total. The average molecular weight is 212 g/mol. The van der Waals surface area contributed by atoms with Crippen LogP contribution in [0, 0.1) is 0 Å². The average Bonchev–Trinajstić information content (AvgIpc) is 2.16. The van der Waals surface area contributed by atoms with Crippen molar-refractivity contribution in [1.29, 1.82) is 0 Å². The van der Waals surface area contributed by atoms with Crippen LogP contribution in [0.1, 0.15) is 13.3 Å². The van der Waals surface area contributed by atoms with Gasteiger partial charge in [-0.25, -0.2) is 0 Å². The van der Waals surface area contributed by atoms with E-state index in [4.69, 9.17) is 10.0 Å². The van der Waals surface area contributed by atoms with Gasteiger partial charge in [-0.15, -0.1) is 11.8 Å². The molecule has 0 saturated carbocycles. The molecule has 0 heterocycles. The van der Waals surface area contributed by atoms with Crippen LogP contribution in [0.15, 0.2) is 29.2 Å². The first-order valence-corrected chi connectivity index (χ1v) is 5.46. The Morgan fingerprint density at radius 2 is 1.93 bits per heavy atom. The molecule has 0 aliphatic heterocycles. The number of thioether (sulfide) groups is 1. The fourth-order valence-electron chi connectivity index (χ4n) is 0.956. The van der Waals surface area contributed by atoms with E-state index in [1.807, 2.05) is 12.1 Å². The lowest BCUT2D eigenvalue weighted by atomic mass is 10.2. The number of benzene rings is 1. The second-order valence-electron chi connectivity index (χ2n) is 2.76. The summed E-state index contributed by atoms with van der Waals surface area (Å²) in [5.74, 6) is 1.55. The molecule has 0 unspecified atom stereocenters. The van der Waals surface area contributed by atoms with Crippen LogP contribution >= 0.6 is 11.8 Å². The van der Waals surface area contributed by atoms with Gasteiger partial charge in [0.15, 0.2) is 0 Å². The Bertz CT molecular complexity index is 263. The van der Waals surface area contributed by atoms with Crippen LogP contribution in [0.4, 0.5) is 0 Å². The van der Waals surface area contributed by atoms with Crippen molar-refractivity contribution in [2.45, 2.75) is 18.2 Å². The molecule has 0 saturated heterocycles. The van der Waals surface area contributed by atoms with Crippen molar-refractivity contribution in [2.24, 2.45) is 0 Å². The molecule has 0 bridgehead atoms. The van der Waals surface area contributed by atoms with E-state index in [1.54, 1.807) is 23.9 Å². The summed E-state index contributed by atoms with van der Waals surface area (Å²) in [6, 6.07) is 7.24. The number of hydrogen-bond donors (Lipinski definition) is 2. The van der Waals surface area contributed by atoms with Crippen LogP contribution in [0.2, 0.25) is 0 Å². The van der Waals surface area contributed by atoms with Crippen molar-refractivity contribution in [3.8, 4) is 5.75 Å². The van der Waals surface area contributed by atoms with E-state index < -0.39 is 7.32 Å². The van der Waals surface area contributed by atoms with Gasteiger partial charge in [0.25, 0.3) is 0 Å². The molecule has 0 aliphatic rings. The van der Waals surface area contributed by atoms with Gasteiger partial charge in [0.2, 0.25) is 0 Å². The lowest BCUT2D eigenvalue weighted by Crippen LogP contribution is -2.20. The molecule has 5 heteroatoms. The Kier molecular flexibility index (Phi) is 4.86. The maximum atomic E-state index is 8.54. The van der Waals surface area contributed by atoms with Crippen molar-refractivity contribution in [3.63, 3.8) is 0 Å². The lowest BCUT2D eigenvalue weighted by Gasteiger charge is -2.05. The summed E-state index contributed by atoms with van der Waals surface area (Å²) < 4.78 is 4.68. The molecule has 1 rings (SSSR count). The van der Waals surface area contributed by atoms with Crippen LogP contribution in [0.5, 0.6) is 5.75 Å². The summed E-state index contributed by atoms with van der Waals surface area (Å²) in [5, 5.41) is 17.1. The first-order chi connectivity index (χ1) is 6.72. The molecule has 2 N–H and O–H groups in total. The van der Waals surface area contributed by atoms with Gasteiger partial charge in [0, 0.05) is 4.90 Å². The van der Waals surface area contributed by atoms with Crippen molar-refractivity contribution in [1.82, 2.24) is 0 Å². The van der Waals surface area contributed by atoms with E-state index in [0.717, 1.165) is 17.1 Å². The lowest BCUT2D eigenvalue weighted by molar-refractivity contribution is 0.288. The standard InChI is InChI=1S/C9H13BO3S/c1-2-7-14-9-5-3-8(4-6-9)13-10(11)12/h3-6,11-12H,2,7H2,1H3. The minimum atomic E-state index is -1.75. The molecule has 0 aliphatic carbocycles. The van der Waals surface area contributed by atoms with Gasteiger partial charge in [0.1, 0.15) is 5.75 Å². The zero-order valence-electron chi connectivity index (χ0n) is 8.01. The summed E-state index contributed by atoms with van der Waals surface area (Å²) in [6.45, 7) is 2.13. The van der Waals surface area contributed by atoms with Gasteiger partial charge in [-0.2, -0.15) is 0 Å². The summed E-state index contributed by atoms with van der Waals surface area (Å²) in [6.07, 6.45) is 1.14. The van der Waals surface area contributed by atoms with E-state index in [1.165, 1.54) is 0 Å². The Hall–Kier alpha value is -0.645. The fraction of sp³-hybridized carbons (Fsp3) is 0.333. The maximum absolute atomic E-state index is 8.54. The van der Waals surface area contributed by atoms with Crippen LogP contribution in [-0.4, -0.2) is 23.1 Å². The van der Waals surface area contributed by atoms with E-state index >= 15 is 0 Å². The summed E-state index contributed by atoms with van der Waals surface area (Å²) in [4.78, 5) is 1.16. The van der Waals surface area contributed by atoms with Crippen molar-refractivity contribution in [3.05, 3.63) is 24.3 Å². The third-order valence-electron chi connectivity index (χ3n) is 1.54. The first kappa shape index (κ1) is 11.4. The van der Waals surface area contributed by atoms with Crippen LogP contribution in [0.25, 0.3) is 0 Å². The quantitative estimate of drug-likeness (QED) is 0.574. The summed E-state index contributed by atoms with van der Waals surface area (Å²) >= 11 is 1.77. The third-order valence-corrected chi connectivity index (χ3v) is 2.76. The molecule has 14 heavy (non-hydrogen) atoms. The molecule has 1 aromatic carbocycles. The van der Waals surface area contributed by atoms with Gasteiger partial charge in [-0.1, -0.05) is 6.92 Å². The van der Waals surface area contributed by atoms with Gasteiger partial charge in [0.05, 0.1) is 0 Å². The number of rotatable bonds is 5. The highest BCUT2D eigenvalue weighted by Gasteiger charge is 2.10. The highest BCUT2D eigenvalue weighted by molar-refractivity contribution is 7.99. The smallest absolute Gasteiger partial charge is 0.512 e. The highest BCUT2D eigenvalue weighted by atomic mass is 32.2. The monoisotopic (exact) mass is 212 g/mol. The molecule has 0 amide bonds. The van der Waals surface area contributed by atoms with E-state index in [0.29, 0.717) is 5.75 Å². The van der Waals surface area contributed by atoms with Crippen molar-refractivity contribution >= 4 is 19.1 Å². The van der Waals surface area contributed by atoms with Crippen LogP contribution < -0.4 is 4.65 Å². The maximum Gasteiger partial charge on any atom is 0.707 e.